The van der Waals surface area contributed by atoms with Crippen molar-refractivity contribution in [3.63, 3.8) is 0 Å². The minimum atomic E-state index is -0.996. The molecule has 0 aromatic carbocycles. The quantitative estimate of drug-likeness (QED) is 0.818. The maximum absolute atomic E-state index is 11.7. The van der Waals surface area contributed by atoms with Gasteiger partial charge in [0, 0.05) is 6.08 Å². The Balaban J connectivity index is 2.03. The Kier molecular flexibility index (Phi) is 4.41. The van der Waals surface area contributed by atoms with Crippen LogP contribution in [0.15, 0.2) is 33.4 Å². The Morgan fingerprint density at radius 2 is 2.20 bits per heavy atom. The van der Waals surface area contributed by atoms with Crippen LogP contribution in [0.3, 0.4) is 0 Å². The number of aromatic carboxylic acids is 1. The molecule has 2 heterocycles. The summed E-state index contributed by atoms with van der Waals surface area (Å²) in [4.78, 5) is 22.8. The van der Waals surface area contributed by atoms with Crippen LogP contribution in [0.25, 0.3) is 6.08 Å². The van der Waals surface area contributed by atoms with E-state index in [2.05, 4.69) is 21.2 Å². The summed E-state index contributed by atoms with van der Waals surface area (Å²) in [5.74, 6) is -0.805. The molecule has 7 heteroatoms. The van der Waals surface area contributed by atoms with E-state index in [1.807, 2.05) is 0 Å². The first-order valence-corrected chi connectivity index (χ1v) is 7.15. The van der Waals surface area contributed by atoms with Crippen LogP contribution in [-0.2, 0) is 4.79 Å². The molecule has 1 amide bonds. The summed E-state index contributed by atoms with van der Waals surface area (Å²) in [5, 5.41) is 12.0. The lowest BCUT2D eigenvalue weighted by atomic mass is 10.3. The standard InChI is InChI=1S/C13H10BrNO4S/c1-7-6-11(20-12(7)13(17)18)15-10(16)5-3-8-2-4-9(14)19-8/h2-6H,1H3,(H,15,16)(H,17,18)/b5-3+. The molecule has 0 saturated heterocycles. The van der Waals surface area contributed by atoms with E-state index in [1.54, 1.807) is 25.1 Å². The van der Waals surface area contributed by atoms with Crippen LogP contribution in [0.5, 0.6) is 0 Å². The Labute approximate surface area is 127 Å². The highest BCUT2D eigenvalue weighted by atomic mass is 79.9. The van der Waals surface area contributed by atoms with Crippen LogP contribution < -0.4 is 5.32 Å². The number of carbonyl (C=O) groups excluding carboxylic acids is 1. The molecule has 0 atom stereocenters. The highest BCUT2D eigenvalue weighted by molar-refractivity contribution is 9.10. The molecule has 104 valence electrons. The zero-order valence-electron chi connectivity index (χ0n) is 10.3. The van der Waals surface area contributed by atoms with E-state index in [4.69, 9.17) is 9.52 Å². The molecule has 0 fully saturated rings. The lowest BCUT2D eigenvalue weighted by Crippen LogP contribution is -2.05. The average Bonchev–Trinajstić information content (AvgIpc) is 2.93. The number of amides is 1. The van der Waals surface area contributed by atoms with Crippen molar-refractivity contribution in [2.24, 2.45) is 0 Å². The average molecular weight is 356 g/mol. The molecule has 0 aliphatic heterocycles. The molecule has 0 aliphatic rings. The third-order valence-electron chi connectivity index (χ3n) is 2.35. The van der Waals surface area contributed by atoms with Gasteiger partial charge in [-0.25, -0.2) is 4.79 Å². The summed E-state index contributed by atoms with van der Waals surface area (Å²) >= 11 is 4.19. The number of furan rings is 1. The van der Waals surface area contributed by atoms with Crippen molar-refractivity contribution in [1.29, 1.82) is 0 Å². The highest BCUT2D eigenvalue weighted by Crippen LogP contribution is 2.26. The number of thiophene rings is 1. The van der Waals surface area contributed by atoms with E-state index < -0.39 is 5.97 Å². The second kappa shape index (κ2) is 6.06. The molecule has 0 radical (unpaired) electrons. The molecular weight excluding hydrogens is 346 g/mol. The van der Waals surface area contributed by atoms with Gasteiger partial charge in [0.05, 0.1) is 5.00 Å². The predicted molar refractivity (Wildman–Crippen MR) is 80.1 cm³/mol. The van der Waals surface area contributed by atoms with Crippen LogP contribution in [-0.4, -0.2) is 17.0 Å². The van der Waals surface area contributed by atoms with Gasteiger partial charge in [-0.15, -0.1) is 11.3 Å². The second-order valence-electron chi connectivity index (χ2n) is 3.89. The fourth-order valence-electron chi connectivity index (χ4n) is 1.49. The van der Waals surface area contributed by atoms with Gasteiger partial charge in [0.1, 0.15) is 10.6 Å². The highest BCUT2D eigenvalue weighted by Gasteiger charge is 2.12. The van der Waals surface area contributed by atoms with Crippen molar-refractivity contribution in [2.45, 2.75) is 6.92 Å². The molecule has 2 aromatic rings. The number of carboxylic acids is 1. The lowest BCUT2D eigenvalue weighted by molar-refractivity contribution is -0.111. The Morgan fingerprint density at radius 1 is 1.45 bits per heavy atom. The molecule has 0 unspecified atom stereocenters. The number of hydrogen-bond donors (Lipinski definition) is 2. The smallest absolute Gasteiger partial charge is 0.346 e. The number of anilines is 1. The van der Waals surface area contributed by atoms with Gasteiger partial charge in [0.25, 0.3) is 0 Å². The number of aryl methyl sites for hydroxylation is 1. The maximum atomic E-state index is 11.7. The fraction of sp³-hybridized carbons (Fsp3) is 0.0769. The second-order valence-corrected chi connectivity index (χ2v) is 5.73. The van der Waals surface area contributed by atoms with Crippen molar-refractivity contribution in [2.75, 3.05) is 5.32 Å². The maximum Gasteiger partial charge on any atom is 0.346 e. The number of nitrogens with one attached hydrogen (secondary N) is 1. The zero-order chi connectivity index (χ0) is 14.7. The molecule has 20 heavy (non-hydrogen) atoms. The van der Waals surface area contributed by atoms with Crippen molar-refractivity contribution in [1.82, 2.24) is 0 Å². The van der Waals surface area contributed by atoms with E-state index in [0.29, 0.717) is 21.0 Å². The van der Waals surface area contributed by atoms with Crippen molar-refractivity contribution >= 4 is 50.2 Å². The lowest BCUT2D eigenvalue weighted by Gasteiger charge is -1.95. The third kappa shape index (κ3) is 3.58. The predicted octanol–water partition coefficient (Wildman–Crippen LogP) is 3.76. The molecule has 0 bridgehead atoms. The molecule has 2 rings (SSSR count). The molecule has 2 N–H and O–H groups in total. The zero-order valence-corrected chi connectivity index (χ0v) is 12.7. The van der Waals surface area contributed by atoms with Crippen LogP contribution >= 0.6 is 27.3 Å². The van der Waals surface area contributed by atoms with Gasteiger partial charge in [-0.2, -0.15) is 0 Å². The van der Waals surface area contributed by atoms with Gasteiger partial charge in [-0.1, -0.05) is 0 Å². The normalized spacial score (nSPS) is 10.9. The SMILES string of the molecule is Cc1cc(NC(=O)/C=C/c2ccc(Br)o2)sc1C(=O)O. The third-order valence-corrected chi connectivity index (χ3v) is 3.92. The minimum Gasteiger partial charge on any atom is -0.477 e. The van der Waals surface area contributed by atoms with E-state index in [0.717, 1.165) is 11.3 Å². The first-order chi connectivity index (χ1) is 9.45. The summed E-state index contributed by atoms with van der Waals surface area (Å²) in [6.07, 6.45) is 2.85. The van der Waals surface area contributed by atoms with Crippen LogP contribution in [0.2, 0.25) is 0 Å². The monoisotopic (exact) mass is 355 g/mol. The van der Waals surface area contributed by atoms with Gasteiger partial charge >= 0.3 is 5.97 Å². The largest absolute Gasteiger partial charge is 0.477 e. The summed E-state index contributed by atoms with van der Waals surface area (Å²) < 4.78 is 5.79. The van der Waals surface area contributed by atoms with E-state index in [-0.39, 0.29) is 10.8 Å². The molecule has 0 saturated carbocycles. The minimum absolute atomic E-state index is 0.222. The number of carboxylic acid groups (broad SMARTS) is 1. The number of rotatable bonds is 4. The van der Waals surface area contributed by atoms with Crippen LogP contribution in [0.1, 0.15) is 21.0 Å². The first kappa shape index (κ1) is 14.5. The van der Waals surface area contributed by atoms with Gasteiger partial charge in [0.2, 0.25) is 5.91 Å². The molecule has 0 spiro atoms. The van der Waals surface area contributed by atoms with Crippen LogP contribution in [0.4, 0.5) is 5.00 Å². The van der Waals surface area contributed by atoms with Crippen LogP contribution in [0, 0.1) is 6.92 Å². The Hall–Kier alpha value is -1.86. The molecular formula is C13H10BrNO4S. The van der Waals surface area contributed by atoms with Crippen molar-refractivity contribution in [3.8, 4) is 0 Å². The van der Waals surface area contributed by atoms with Gasteiger partial charge in [-0.3, -0.25) is 4.79 Å². The Morgan fingerprint density at radius 3 is 2.75 bits per heavy atom. The fourth-order valence-corrected chi connectivity index (χ4v) is 2.73. The Bertz CT molecular complexity index is 686. The first-order valence-electron chi connectivity index (χ1n) is 5.54. The van der Waals surface area contributed by atoms with E-state index in [9.17, 15) is 9.59 Å². The topological polar surface area (TPSA) is 79.5 Å². The number of hydrogen-bond acceptors (Lipinski definition) is 4. The van der Waals surface area contributed by atoms with Gasteiger partial charge < -0.3 is 14.8 Å². The number of carbonyl (C=O) groups is 2. The number of halogens is 1. The summed E-state index contributed by atoms with van der Waals surface area (Å²) in [7, 11) is 0. The molecule has 0 aliphatic carbocycles. The van der Waals surface area contributed by atoms with Gasteiger partial charge in [0.15, 0.2) is 4.67 Å². The van der Waals surface area contributed by atoms with E-state index >= 15 is 0 Å². The van der Waals surface area contributed by atoms with Crippen molar-refractivity contribution < 1.29 is 19.1 Å². The van der Waals surface area contributed by atoms with Crippen molar-refractivity contribution in [3.05, 3.63) is 45.1 Å². The molecule has 5 nitrogen and oxygen atoms in total. The van der Waals surface area contributed by atoms with Gasteiger partial charge in [-0.05, 0) is 52.7 Å². The molecule has 2 aromatic heterocycles. The summed E-state index contributed by atoms with van der Waals surface area (Å²) in [5.41, 5.74) is 0.622. The summed E-state index contributed by atoms with van der Waals surface area (Å²) in [6, 6.07) is 5.06. The summed E-state index contributed by atoms with van der Waals surface area (Å²) in [6.45, 7) is 1.69. The van der Waals surface area contributed by atoms with E-state index in [1.165, 1.54) is 12.2 Å².